The average Bonchev–Trinajstić information content (AvgIpc) is 2.93. The van der Waals surface area contributed by atoms with Gasteiger partial charge < -0.3 is 14.7 Å². The van der Waals surface area contributed by atoms with Crippen molar-refractivity contribution in [3.05, 3.63) is 83.1 Å². The molecule has 1 heterocycles. The Labute approximate surface area is 229 Å². The highest BCUT2D eigenvalue weighted by Gasteiger charge is 2.21. The van der Waals surface area contributed by atoms with Crippen LogP contribution in [0.25, 0.3) is 0 Å². The molecule has 0 fully saturated rings. The molecule has 0 unspecified atom stereocenters. The van der Waals surface area contributed by atoms with Gasteiger partial charge in [-0.05, 0) is 54.1 Å². The first-order chi connectivity index (χ1) is 18.7. The highest BCUT2D eigenvalue weighted by Crippen LogP contribution is 2.24. The van der Waals surface area contributed by atoms with Crippen molar-refractivity contribution >= 4 is 41.7 Å². The van der Waals surface area contributed by atoms with Crippen LogP contribution in [0.4, 0.5) is 14.9 Å². The Kier molecular flexibility index (Phi) is 10.3. The van der Waals surface area contributed by atoms with Gasteiger partial charge in [0.25, 0.3) is 0 Å². The van der Waals surface area contributed by atoms with Gasteiger partial charge in [-0.1, -0.05) is 30.7 Å². The molecule has 3 rings (SSSR count). The molecule has 0 aliphatic rings. The van der Waals surface area contributed by atoms with Gasteiger partial charge in [-0.15, -0.1) is 0 Å². The number of rotatable bonds is 10. The van der Waals surface area contributed by atoms with E-state index in [1.165, 1.54) is 36.0 Å². The SMILES string of the molecule is C[C@@H](CN(C)C(=O)NC(=Nc1ccc(Oc2ccc(CF)nc2)cc1)N(C=O)Cc1ccc(Cl)cc1)C(=O)O. The number of halogens is 2. The van der Waals surface area contributed by atoms with Gasteiger partial charge in [0.2, 0.25) is 12.4 Å². The van der Waals surface area contributed by atoms with Crippen molar-refractivity contribution in [1.82, 2.24) is 20.1 Å². The molecule has 3 amide bonds. The number of urea groups is 1. The number of carbonyl (C=O) groups is 3. The first kappa shape index (κ1) is 29.1. The Balaban J connectivity index is 1.83. The molecular weight excluding hydrogens is 529 g/mol. The number of alkyl halides is 1. The van der Waals surface area contributed by atoms with Crippen LogP contribution in [0.2, 0.25) is 5.02 Å². The lowest BCUT2D eigenvalue weighted by atomic mass is 10.2. The van der Waals surface area contributed by atoms with E-state index in [-0.39, 0.29) is 19.0 Å². The van der Waals surface area contributed by atoms with E-state index in [1.807, 2.05) is 0 Å². The van der Waals surface area contributed by atoms with E-state index in [0.717, 1.165) is 5.56 Å². The number of aliphatic carboxylic acids is 1. The molecule has 1 atom stereocenters. The Bertz CT molecular complexity index is 1300. The predicted molar refractivity (Wildman–Crippen MR) is 144 cm³/mol. The maximum atomic E-state index is 12.9. The lowest BCUT2D eigenvalue weighted by Crippen LogP contribution is -2.49. The van der Waals surface area contributed by atoms with Crippen LogP contribution in [-0.4, -0.2) is 57.9 Å². The second kappa shape index (κ2) is 13.9. The van der Waals surface area contributed by atoms with Gasteiger partial charge in [-0.3, -0.25) is 24.8 Å². The summed E-state index contributed by atoms with van der Waals surface area (Å²) in [4.78, 5) is 46.9. The fourth-order valence-electron chi connectivity index (χ4n) is 3.27. The van der Waals surface area contributed by atoms with Crippen LogP contribution in [0.5, 0.6) is 11.5 Å². The molecule has 0 saturated heterocycles. The second-order valence-corrected chi connectivity index (χ2v) is 9.00. The molecular formula is C27H27ClFN5O5. The quantitative estimate of drug-likeness (QED) is 0.206. The number of nitrogens with zero attached hydrogens (tertiary/aromatic N) is 4. The van der Waals surface area contributed by atoms with Crippen molar-refractivity contribution in [3.63, 3.8) is 0 Å². The summed E-state index contributed by atoms with van der Waals surface area (Å²) >= 11 is 5.96. The minimum atomic E-state index is -1.04. The van der Waals surface area contributed by atoms with Crippen LogP contribution in [0.1, 0.15) is 18.2 Å². The van der Waals surface area contributed by atoms with Crippen LogP contribution in [0, 0.1) is 5.92 Å². The minimum Gasteiger partial charge on any atom is -0.481 e. The van der Waals surface area contributed by atoms with Crippen molar-refractivity contribution in [1.29, 1.82) is 0 Å². The fraction of sp³-hybridized carbons (Fsp3) is 0.222. The van der Waals surface area contributed by atoms with E-state index >= 15 is 0 Å². The zero-order valence-electron chi connectivity index (χ0n) is 21.3. The molecule has 1 aromatic heterocycles. The number of ether oxygens (including phenoxy) is 1. The van der Waals surface area contributed by atoms with Crippen molar-refractivity contribution < 1.29 is 28.6 Å². The second-order valence-electron chi connectivity index (χ2n) is 8.56. The normalized spacial score (nSPS) is 11.8. The van der Waals surface area contributed by atoms with Crippen LogP contribution in [-0.2, 0) is 22.8 Å². The average molecular weight is 556 g/mol. The van der Waals surface area contributed by atoms with E-state index < -0.39 is 24.6 Å². The lowest BCUT2D eigenvalue weighted by Gasteiger charge is -2.24. The first-order valence-electron chi connectivity index (χ1n) is 11.8. The number of aromatic nitrogens is 1. The number of amides is 3. The molecule has 2 N–H and O–H groups in total. The summed E-state index contributed by atoms with van der Waals surface area (Å²) in [5, 5.41) is 12.3. The van der Waals surface area contributed by atoms with Gasteiger partial charge in [0.05, 0.1) is 30.0 Å². The monoisotopic (exact) mass is 555 g/mol. The number of carboxylic acids is 1. The zero-order valence-corrected chi connectivity index (χ0v) is 22.0. The van der Waals surface area contributed by atoms with Crippen LogP contribution < -0.4 is 10.1 Å². The standard InChI is InChI=1S/C27H27ClFN5O5/c1-18(25(36)37)15-33(2)27(38)32-26(34(17-35)16-19-3-5-20(28)6-4-19)31-21-7-10-23(11-8-21)39-24-12-9-22(13-29)30-14-24/h3-12,14,17-18H,13,15-16H2,1-2H3,(H,36,37)(H,31,32,38)/t18-/m0/s1. The number of guanidine groups is 1. The van der Waals surface area contributed by atoms with Gasteiger partial charge in [0.1, 0.15) is 18.2 Å². The summed E-state index contributed by atoms with van der Waals surface area (Å²) in [6.45, 7) is 0.836. The predicted octanol–water partition coefficient (Wildman–Crippen LogP) is 5.01. The fourth-order valence-corrected chi connectivity index (χ4v) is 3.40. The van der Waals surface area contributed by atoms with Gasteiger partial charge in [0, 0.05) is 18.6 Å². The highest BCUT2D eigenvalue weighted by molar-refractivity contribution is 6.30. The first-order valence-corrected chi connectivity index (χ1v) is 12.1. The van der Waals surface area contributed by atoms with Gasteiger partial charge >= 0.3 is 12.0 Å². The van der Waals surface area contributed by atoms with Crippen molar-refractivity contribution in [3.8, 4) is 11.5 Å². The van der Waals surface area contributed by atoms with Crippen LogP contribution >= 0.6 is 11.6 Å². The van der Waals surface area contributed by atoms with Gasteiger partial charge in [-0.2, -0.15) is 0 Å². The maximum absolute atomic E-state index is 12.9. The highest BCUT2D eigenvalue weighted by atomic mass is 35.5. The number of benzene rings is 2. The number of pyridine rings is 1. The third kappa shape index (κ3) is 8.78. The summed E-state index contributed by atoms with van der Waals surface area (Å²) in [6.07, 6.45) is 1.94. The number of carbonyl (C=O) groups excluding carboxylic acids is 2. The Morgan fingerprint density at radius 2 is 1.79 bits per heavy atom. The molecule has 2 aromatic carbocycles. The van der Waals surface area contributed by atoms with Crippen molar-refractivity contribution in [2.75, 3.05) is 13.6 Å². The summed E-state index contributed by atoms with van der Waals surface area (Å²) in [7, 11) is 1.44. The topological polar surface area (TPSA) is 124 Å². The summed E-state index contributed by atoms with van der Waals surface area (Å²) in [6, 6.07) is 15.8. The zero-order chi connectivity index (χ0) is 28.4. The smallest absolute Gasteiger partial charge is 0.323 e. The molecule has 10 nitrogen and oxygen atoms in total. The molecule has 12 heteroatoms. The minimum absolute atomic E-state index is 0.0556. The Hall–Kier alpha value is -4.51. The molecule has 0 aliphatic carbocycles. The largest absolute Gasteiger partial charge is 0.481 e. The van der Waals surface area contributed by atoms with Crippen LogP contribution in [0.15, 0.2) is 71.9 Å². The van der Waals surface area contributed by atoms with E-state index in [2.05, 4.69) is 15.3 Å². The third-order valence-electron chi connectivity index (χ3n) is 5.44. The van der Waals surface area contributed by atoms with Crippen molar-refractivity contribution in [2.24, 2.45) is 10.9 Å². The van der Waals surface area contributed by atoms with E-state index in [0.29, 0.717) is 34.3 Å². The van der Waals surface area contributed by atoms with E-state index in [4.69, 9.17) is 21.4 Å². The number of aliphatic imine (C=N–C) groups is 1. The maximum Gasteiger partial charge on any atom is 0.323 e. The van der Waals surface area contributed by atoms with Crippen molar-refractivity contribution in [2.45, 2.75) is 20.1 Å². The number of hydrogen-bond acceptors (Lipinski definition) is 6. The van der Waals surface area contributed by atoms with Gasteiger partial charge in [0.15, 0.2) is 0 Å². The molecule has 0 spiro atoms. The summed E-state index contributed by atoms with van der Waals surface area (Å²) < 4.78 is 18.4. The molecule has 0 bridgehead atoms. The molecule has 0 aliphatic heterocycles. The number of nitrogens with one attached hydrogen (secondary N) is 1. The third-order valence-corrected chi connectivity index (χ3v) is 5.69. The molecule has 39 heavy (non-hydrogen) atoms. The molecule has 0 saturated carbocycles. The summed E-state index contributed by atoms with van der Waals surface area (Å²) in [5.41, 5.74) is 1.42. The summed E-state index contributed by atoms with van der Waals surface area (Å²) in [5.74, 6) is -1.03. The lowest BCUT2D eigenvalue weighted by molar-refractivity contribution is -0.141. The van der Waals surface area contributed by atoms with Gasteiger partial charge in [-0.25, -0.2) is 14.2 Å². The number of carboxylic acid groups (broad SMARTS) is 1. The van der Waals surface area contributed by atoms with E-state index in [9.17, 15) is 18.8 Å². The number of hydrogen-bond donors (Lipinski definition) is 2. The van der Waals surface area contributed by atoms with Crippen LogP contribution in [0.3, 0.4) is 0 Å². The molecule has 204 valence electrons. The van der Waals surface area contributed by atoms with E-state index in [1.54, 1.807) is 54.6 Å². The Morgan fingerprint density at radius 3 is 2.36 bits per heavy atom. The molecule has 3 aromatic rings. The molecule has 0 radical (unpaired) electrons. The Morgan fingerprint density at radius 1 is 1.13 bits per heavy atom.